The third kappa shape index (κ3) is 2.53. The number of nitrogens with zero attached hydrogens (tertiary/aromatic N) is 1. The van der Waals surface area contributed by atoms with E-state index in [1.54, 1.807) is 7.11 Å². The van der Waals surface area contributed by atoms with E-state index < -0.39 is 0 Å². The highest BCUT2D eigenvalue weighted by Gasteiger charge is 2.16. The smallest absolute Gasteiger partial charge is 0.163 e. The lowest BCUT2D eigenvalue weighted by Crippen LogP contribution is -2.15. The van der Waals surface area contributed by atoms with Crippen LogP contribution in [0, 0.1) is 0 Å². The second-order valence-electron chi connectivity index (χ2n) is 5.57. The third-order valence-electron chi connectivity index (χ3n) is 4.11. The highest BCUT2D eigenvalue weighted by atomic mass is 16.6. The Labute approximate surface area is 139 Å². The van der Waals surface area contributed by atoms with Gasteiger partial charge in [-0.25, -0.2) is 4.98 Å². The van der Waals surface area contributed by atoms with Crippen LogP contribution in [0.25, 0.3) is 22.2 Å². The van der Waals surface area contributed by atoms with Gasteiger partial charge in [0.1, 0.15) is 19.0 Å². The first-order valence-electron chi connectivity index (χ1n) is 7.77. The van der Waals surface area contributed by atoms with E-state index in [9.17, 15) is 5.11 Å². The Hall–Kier alpha value is -2.79. The van der Waals surface area contributed by atoms with Crippen LogP contribution in [-0.2, 0) is 6.61 Å². The van der Waals surface area contributed by atoms with Crippen LogP contribution in [0.5, 0.6) is 17.2 Å². The zero-order chi connectivity index (χ0) is 16.5. The number of methoxy groups -OCH3 is 1. The number of aliphatic hydroxyl groups excluding tert-OH is 1. The first-order valence-corrected chi connectivity index (χ1v) is 7.77. The molecule has 0 saturated heterocycles. The Balaban J connectivity index is 1.87. The van der Waals surface area contributed by atoms with E-state index in [4.69, 9.17) is 19.2 Å². The van der Waals surface area contributed by atoms with Crippen LogP contribution in [-0.4, -0.2) is 30.4 Å². The average Bonchev–Trinajstić information content (AvgIpc) is 2.65. The monoisotopic (exact) mass is 323 g/mol. The molecule has 4 rings (SSSR count). The molecule has 122 valence electrons. The van der Waals surface area contributed by atoms with Crippen molar-refractivity contribution in [3.63, 3.8) is 0 Å². The fourth-order valence-electron chi connectivity index (χ4n) is 2.87. The van der Waals surface area contributed by atoms with Gasteiger partial charge in [-0.3, -0.25) is 0 Å². The Bertz CT molecular complexity index is 890. The Morgan fingerprint density at radius 3 is 2.42 bits per heavy atom. The number of aromatic nitrogens is 1. The highest BCUT2D eigenvalue weighted by molar-refractivity contribution is 5.88. The van der Waals surface area contributed by atoms with E-state index in [-0.39, 0.29) is 6.61 Å². The molecule has 0 atom stereocenters. The molecule has 2 heterocycles. The van der Waals surface area contributed by atoms with Crippen LogP contribution in [0.1, 0.15) is 5.56 Å². The van der Waals surface area contributed by atoms with E-state index >= 15 is 0 Å². The summed E-state index contributed by atoms with van der Waals surface area (Å²) >= 11 is 0. The van der Waals surface area contributed by atoms with E-state index in [1.807, 2.05) is 42.5 Å². The molecule has 0 unspecified atom stereocenters. The van der Waals surface area contributed by atoms with Crippen LogP contribution >= 0.6 is 0 Å². The summed E-state index contributed by atoms with van der Waals surface area (Å²) in [6.07, 6.45) is 0. The number of fused-ring (bicyclic) bond motifs is 2. The fourth-order valence-corrected chi connectivity index (χ4v) is 2.87. The molecule has 5 heteroatoms. The molecule has 0 fully saturated rings. The van der Waals surface area contributed by atoms with Crippen molar-refractivity contribution in [2.24, 2.45) is 0 Å². The lowest BCUT2D eigenvalue weighted by Gasteiger charge is -2.19. The zero-order valence-corrected chi connectivity index (χ0v) is 13.3. The van der Waals surface area contributed by atoms with Crippen molar-refractivity contribution in [3.05, 3.63) is 48.0 Å². The summed E-state index contributed by atoms with van der Waals surface area (Å²) in [6.45, 7) is 0.996. The number of benzene rings is 2. The van der Waals surface area contributed by atoms with Crippen molar-refractivity contribution < 1.29 is 19.3 Å². The maximum Gasteiger partial charge on any atom is 0.163 e. The molecule has 0 saturated carbocycles. The summed E-state index contributed by atoms with van der Waals surface area (Å²) in [7, 11) is 1.64. The number of hydrogen-bond acceptors (Lipinski definition) is 5. The van der Waals surface area contributed by atoms with Gasteiger partial charge < -0.3 is 19.3 Å². The van der Waals surface area contributed by atoms with Crippen molar-refractivity contribution >= 4 is 10.9 Å². The number of pyridine rings is 1. The van der Waals surface area contributed by atoms with Crippen molar-refractivity contribution in [2.75, 3.05) is 20.3 Å². The second kappa shape index (κ2) is 6.02. The summed E-state index contributed by atoms with van der Waals surface area (Å²) in [5.74, 6) is 2.18. The third-order valence-corrected chi connectivity index (χ3v) is 4.11. The maximum absolute atomic E-state index is 9.77. The second-order valence-corrected chi connectivity index (χ2v) is 5.57. The average molecular weight is 323 g/mol. The number of rotatable bonds is 3. The minimum atomic E-state index is -0.0676. The van der Waals surface area contributed by atoms with Crippen LogP contribution in [0.4, 0.5) is 0 Å². The van der Waals surface area contributed by atoms with Crippen LogP contribution in [0.2, 0.25) is 0 Å². The lowest BCUT2D eigenvalue weighted by molar-refractivity contribution is 0.172. The SMILES string of the molecule is COc1ccc(-c2cc(CO)c3cc4c(cc3n2)OCCO4)cc1. The normalized spacial score (nSPS) is 13.1. The van der Waals surface area contributed by atoms with Crippen LogP contribution in [0.3, 0.4) is 0 Å². The van der Waals surface area contributed by atoms with Gasteiger partial charge in [0.05, 0.1) is 24.9 Å². The van der Waals surface area contributed by atoms with Gasteiger partial charge in [-0.15, -0.1) is 0 Å². The van der Waals surface area contributed by atoms with E-state index in [0.717, 1.165) is 33.5 Å². The van der Waals surface area contributed by atoms with Crippen molar-refractivity contribution in [3.8, 4) is 28.5 Å². The van der Waals surface area contributed by atoms with Gasteiger partial charge in [0.15, 0.2) is 11.5 Å². The molecule has 1 N–H and O–H groups in total. The molecular formula is C19H17NO4. The molecule has 1 aromatic heterocycles. The van der Waals surface area contributed by atoms with Gasteiger partial charge in [-0.1, -0.05) is 0 Å². The Kier molecular flexibility index (Phi) is 3.70. The number of ether oxygens (including phenoxy) is 3. The van der Waals surface area contributed by atoms with Crippen molar-refractivity contribution in [1.29, 1.82) is 0 Å². The predicted octanol–water partition coefficient (Wildman–Crippen LogP) is 3.17. The van der Waals surface area contributed by atoms with Gasteiger partial charge in [-0.2, -0.15) is 0 Å². The molecule has 0 spiro atoms. The minimum absolute atomic E-state index is 0.0676. The zero-order valence-electron chi connectivity index (χ0n) is 13.3. The highest BCUT2D eigenvalue weighted by Crippen LogP contribution is 2.36. The summed E-state index contributed by atoms with van der Waals surface area (Å²) in [4.78, 5) is 4.73. The first kappa shape index (κ1) is 14.8. The molecule has 1 aliphatic rings. The molecular weight excluding hydrogens is 306 g/mol. The van der Waals surface area contributed by atoms with Crippen LogP contribution < -0.4 is 14.2 Å². The molecule has 5 nitrogen and oxygen atoms in total. The number of hydrogen-bond donors (Lipinski definition) is 1. The van der Waals surface area contributed by atoms with Gasteiger partial charge in [0.25, 0.3) is 0 Å². The standard InChI is InChI=1S/C19H17NO4/c1-22-14-4-2-12(3-5-14)16-8-13(11-21)15-9-18-19(10-17(15)20-16)24-7-6-23-18/h2-5,8-10,21H,6-7,11H2,1H3. The van der Waals surface area contributed by atoms with Gasteiger partial charge >= 0.3 is 0 Å². The fraction of sp³-hybridized carbons (Fsp3) is 0.211. The molecule has 0 bridgehead atoms. The molecule has 1 aliphatic heterocycles. The van der Waals surface area contributed by atoms with E-state index in [1.165, 1.54) is 0 Å². The molecule has 0 amide bonds. The molecule has 24 heavy (non-hydrogen) atoms. The van der Waals surface area contributed by atoms with E-state index in [0.29, 0.717) is 24.7 Å². The van der Waals surface area contributed by atoms with Crippen molar-refractivity contribution in [1.82, 2.24) is 4.98 Å². The molecule has 2 aromatic carbocycles. The van der Waals surface area contributed by atoms with Gasteiger partial charge in [0.2, 0.25) is 0 Å². The van der Waals surface area contributed by atoms with Crippen LogP contribution in [0.15, 0.2) is 42.5 Å². The Morgan fingerprint density at radius 2 is 1.75 bits per heavy atom. The quantitative estimate of drug-likeness (QED) is 0.802. The van der Waals surface area contributed by atoms with Gasteiger partial charge in [0, 0.05) is 17.0 Å². The first-order chi connectivity index (χ1) is 11.8. The summed E-state index contributed by atoms with van der Waals surface area (Å²) < 4.78 is 16.5. The minimum Gasteiger partial charge on any atom is -0.497 e. The molecule has 0 radical (unpaired) electrons. The molecule has 0 aliphatic carbocycles. The van der Waals surface area contributed by atoms with Gasteiger partial charge in [-0.05, 0) is 42.0 Å². The predicted molar refractivity (Wildman–Crippen MR) is 90.6 cm³/mol. The van der Waals surface area contributed by atoms with Crippen molar-refractivity contribution in [2.45, 2.75) is 6.61 Å². The maximum atomic E-state index is 9.77. The lowest BCUT2D eigenvalue weighted by atomic mass is 10.0. The largest absolute Gasteiger partial charge is 0.497 e. The summed E-state index contributed by atoms with van der Waals surface area (Å²) in [5, 5.41) is 10.6. The topological polar surface area (TPSA) is 60.8 Å². The Morgan fingerprint density at radius 1 is 1.04 bits per heavy atom. The molecule has 3 aromatic rings. The van der Waals surface area contributed by atoms with E-state index in [2.05, 4.69) is 0 Å². The summed E-state index contributed by atoms with van der Waals surface area (Å²) in [5.41, 5.74) is 3.34. The summed E-state index contributed by atoms with van der Waals surface area (Å²) in [6, 6.07) is 13.3. The number of aliphatic hydroxyl groups is 1.